The number of aliphatic carboxylic acids is 1. The molecule has 17 heavy (non-hydrogen) atoms. The number of hydrogen-bond acceptors (Lipinski definition) is 4. The number of nitrogens with zero attached hydrogens (tertiary/aromatic N) is 1. The predicted molar refractivity (Wildman–Crippen MR) is 60.9 cm³/mol. The Morgan fingerprint density at radius 2 is 1.94 bits per heavy atom. The lowest BCUT2D eigenvalue weighted by atomic mass is 10.1. The zero-order valence-corrected chi connectivity index (χ0v) is 9.43. The van der Waals surface area contributed by atoms with Gasteiger partial charge in [0, 0.05) is 12.1 Å². The first-order chi connectivity index (χ1) is 8.12. The summed E-state index contributed by atoms with van der Waals surface area (Å²) in [7, 11) is 2.93. The smallest absolute Gasteiger partial charge is 0.328 e. The topological polar surface area (TPSA) is 79.5 Å². The summed E-state index contributed by atoms with van der Waals surface area (Å²) in [5.41, 5.74) is 0.785. The first-order valence-electron chi connectivity index (χ1n) is 4.69. The van der Waals surface area contributed by atoms with Gasteiger partial charge in [-0.15, -0.1) is 0 Å². The van der Waals surface area contributed by atoms with Crippen molar-refractivity contribution in [1.82, 2.24) is 0 Å². The third-order valence-corrected chi connectivity index (χ3v) is 2.08. The molecular formula is C12H11NO4. The first-order valence-corrected chi connectivity index (χ1v) is 4.69. The third-order valence-electron chi connectivity index (χ3n) is 2.08. The van der Waals surface area contributed by atoms with Crippen LogP contribution in [0.1, 0.15) is 11.1 Å². The summed E-state index contributed by atoms with van der Waals surface area (Å²) in [5, 5.41) is 17.5. The van der Waals surface area contributed by atoms with Gasteiger partial charge in [-0.05, 0) is 17.7 Å². The van der Waals surface area contributed by atoms with Gasteiger partial charge in [-0.3, -0.25) is 0 Å². The maximum Gasteiger partial charge on any atom is 0.328 e. The summed E-state index contributed by atoms with van der Waals surface area (Å²) in [6, 6.07) is 5.02. The van der Waals surface area contributed by atoms with Crippen LogP contribution in [0.3, 0.4) is 0 Å². The molecule has 5 heteroatoms. The Kier molecular flexibility index (Phi) is 4.12. The van der Waals surface area contributed by atoms with E-state index < -0.39 is 5.97 Å². The molecule has 0 amide bonds. The molecule has 0 spiro atoms. The second-order valence-corrected chi connectivity index (χ2v) is 3.08. The Morgan fingerprint density at radius 3 is 2.41 bits per heavy atom. The Labute approximate surface area is 98.5 Å². The van der Waals surface area contributed by atoms with Crippen LogP contribution in [0.2, 0.25) is 0 Å². The van der Waals surface area contributed by atoms with Gasteiger partial charge in [-0.1, -0.05) is 0 Å². The molecule has 88 valence electrons. The number of ether oxygens (including phenoxy) is 2. The van der Waals surface area contributed by atoms with Crippen molar-refractivity contribution in [3.63, 3.8) is 0 Å². The largest absolute Gasteiger partial charge is 0.493 e. The van der Waals surface area contributed by atoms with E-state index in [0.717, 1.165) is 6.08 Å². The monoisotopic (exact) mass is 233 g/mol. The first kappa shape index (κ1) is 12.6. The molecule has 0 saturated carbocycles. The van der Waals surface area contributed by atoms with Crippen LogP contribution in [0.15, 0.2) is 18.2 Å². The molecule has 0 aliphatic carbocycles. The molecule has 0 aliphatic rings. The zero-order valence-electron chi connectivity index (χ0n) is 9.43. The van der Waals surface area contributed by atoms with E-state index in [-0.39, 0.29) is 0 Å². The van der Waals surface area contributed by atoms with Crippen LogP contribution >= 0.6 is 0 Å². The fraction of sp³-hybridized carbons (Fsp3) is 0.167. The van der Waals surface area contributed by atoms with Gasteiger partial charge in [-0.25, -0.2) is 4.79 Å². The van der Waals surface area contributed by atoms with Crippen LogP contribution in [-0.2, 0) is 4.79 Å². The lowest BCUT2D eigenvalue weighted by Crippen LogP contribution is -1.94. The summed E-state index contributed by atoms with van der Waals surface area (Å²) in [5.74, 6) is -0.211. The average Bonchev–Trinajstić information content (AvgIpc) is 2.34. The molecule has 1 N–H and O–H groups in total. The highest BCUT2D eigenvalue weighted by Gasteiger charge is 2.09. The van der Waals surface area contributed by atoms with Crippen molar-refractivity contribution in [2.75, 3.05) is 14.2 Å². The lowest BCUT2D eigenvalue weighted by Gasteiger charge is -2.09. The molecular weight excluding hydrogens is 222 g/mol. The van der Waals surface area contributed by atoms with Gasteiger partial charge in [0.1, 0.15) is 0 Å². The molecule has 0 fully saturated rings. The van der Waals surface area contributed by atoms with E-state index in [1.165, 1.54) is 26.4 Å². The van der Waals surface area contributed by atoms with Gasteiger partial charge in [0.05, 0.1) is 25.9 Å². The molecule has 1 rings (SSSR count). The Hall–Kier alpha value is -2.48. The molecule has 1 aromatic rings. The van der Waals surface area contributed by atoms with Gasteiger partial charge in [0.2, 0.25) is 0 Å². The van der Waals surface area contributed by atoms with Gasteiger partial charge < -0.3 is 14.6 Å². The second kappa shape index (κ2) is 5.56. The van der Waals surface area contributed by atoms with Crippen molar-refractivity contribution in [2.24, 2.45) is 0 Å². The van der Waals surface area contributed by atoms with E-state index in [0.29, 0.717) is 22.6 Å². The number of benzene rings is 1. The van der Waals surface area contributed by atoms with Crippen LogP contribution < -0.4 is 9.47 Å². The minimum atomic E-state index is -1.08. The van der Waals surface area contributed by atoms with Crippen molar-refractivity contribution in [3.05, 3.63) is 29.3 Å². The van der Waals surface area contributed by atoms with Crippen LogP contribution in [0.4, 0.5) is 0 Å². The fourth-order valence-corrected chi connectivity index (χ4v) is 1.29. The van der Waals surface area contributed by atoms with Crippen LogP contribution in [0.25, 0.3) is 6.08 Å². The van der Waals surface area contributed by atoms with Gasteiger partial charge >= 0.3 is 5.97 Å². The number of methoxy groups -OCH3 is 2. The zero-order chi connectivity index (χ0) is 12.8. The summed E-state index contributed by atoms with van der Waals surface area (Å²) >= 11 is 0. The number of rotatable bonds is 4. The van der Waals surface area contributed by atoms with Crippen LogP contribution in [0.5, 0.6) is 11.5 Å². The van der Waals surface area contributed by atoms with Crippen molar-refractivity contribution in [3.8, 4) is 17.6 Å². The molecule has 0 radical (unpaired) electrons. The Morgan fingerprint density at radius 1 is 1.35 bits per heavy atom. The summed E-state index contributed by atoms with van der Waals surface area (Å²) in [4.78, 5) is 10.4. The molecule has 1 aromatic carbocycles. The van der Waals surface area contributed by atoms with E-state index in [2.05, 4.69) is 0 Å². The number of hydrogen-bond donors (Lipinski definition) is 1. The standard InChI is InChI=1S/C12H11NO4/c1-16-10-5-8(3-4-12(14)15)9(7-13)6-11(10)17-2/h3-6H,1-2H3,(H,14,15). The van der Waals surface area contributed by atoms with Crippen molar-refractivity contribution >= 4 is 12.0 Å². The van der Waals surface area contributed by atoms with Crippen molar-refractivity contribution in [1.29, 1.82) is 5.26 Å². The van der Waals surface area contributed by atoms with E-state index in [9.17, 15) is 4.79 Å². The quantitative estimate of drug-likeness (QED) is 0.800. The van der Waals surface area contributed by atoms with Crippen LogP contribution in [-0.4, -0.2) is 25.3 Å². The highest BCUT2D eigenvalue weighted by molar-refractivity contribution is 5.86. The lowest BCUT2D eigenvalue weighted by molar-refractivity contribution is -0.131. The summed E-state index contributed by atoms with van der Waals surface area (Å²) in [6.45, 7) is 0. The van der Waals surface area contributed by atoms with E-state index in [1.54, 1.807) is 6.07 Å². The maximum absolute atomic E-state index is 10.4. The van der Waals surface area contributed by atoms with E-state index in [4.69, 9.17) is 19.8 Å². The van der Waals surface area contributed by atoms with Gasteiger partial charge in [0.25, 0.3) is 0 Å². The highest BCUT2D eigenvalue weighted by Crippen LogP contribution is 2.30. The molecule has 0 unspecified atom stereocenters. The highest BCUT2D eigenvalue weighted by atomic mass is 16.5. The number of carbonyl (C=O) groups is 1. The molecule has 0 bridgehead atoms. The Balaban J connectivity index is 3.30. The maximum atomic E-state index is 10.4. The normalized spacial score (nSPS) is 9.94. The van der Waals surface area contributed by atoms with E-state index >= 15 is 0 Å². The van der Waals surface area contributed by atoms with Crippen LogP contribution in [0, 0.1) is 11.3 Å². The summed E-state index contributed by atoms with van der Waals surface area (Å²) in [6.07, 6.45) is 2.30. The number of carboxylic acids is 1. The summed E-state index contributed by atoms with van der Waals surface area (Å²) < 4.78 is 10.1. The Bertz CT molecular complexity index is 500. The van der Waals surface area contributed by atoms with Crippen molar-refractivity contribution < 1.29 is 19.4 Å². The predicted octanol–water partition coefficient (Wildman–Crippen LogP) is 1.67. The third kappa shape index (κ3) is 2.98. The fourth-order valence-electron chi connectivity index (χ4n) is 1.29. The number of carboxylic acid groups (broad SMARTS) is 1. The molecule has 0 heterocycles. The van der Waals surface area contributed by atoms with Crippen molar-refractivity contribution in [2.45, 2.75) is 0 Å². The minimum Gasteiger partial charge on any atom is -0.493 e. The molecule has 0 atom stereocenters. The van der Waals surface area contributed by atoms with Gasteiger partial charge in [-0.2, -0.15) is 5.26 Å². The van der Waals surface area contributed by atoms with E-state index in [1.807, 2.05) is 6.07 Å². The van der Waals surface area contributed by atoms with Gasteiger partial charge in [0.15, 0.2) is 11.5 Å². The second-order valence-electron chi connectivity index (χ2n) is 3.08. The average molecular weight is 233 g/mol. The SMILES string of the molecule is COc1cc(C#N)c(C=CC(=O)O)cc1OC. The molecule has 5 nitrogen and oxygen atoms in total. The molecule has 0 saturated heterocycles. The minimum absolute atomic E-state index is 0.320. The molecule has 0 aromatic heterocycles. The number of nitriles is 1. The molecule has 0 aliphatic heterocycles.